The number of carbonyl (C=O) groups is 2. The lowest BCUT2D eigenvalue weighted by atomic mass is 10.1. The van der Waals surface area contributed by atoms with Gasteiger partial charge in [-0.3, -0.25) is 19.4 Å². The number of ether oxygens (including phenoxy) is 2. The summed E-state index contributed by atoms with van der Waals surface area (Å²) in [7, 11) is 3.04. The smallest absolute Gasteiger partial charge is 0.278 e. The van der Waals surface area contributed by atoms with Crippen LogP contribution in [0.15, 0.2) is 52.4 Å². The third kappa shape index (κ3) is 6.13. The van der Waals surface area contributed by atoms with Crippen LogP contribution in [0.4, 0.5) is 11.4 Å². The van der Waals surface area contributed by atoms with Crippen molar-refractivity contribution >= 4 is 35.0 Å². The average Bonchev–Trinajstić information content (AvgIpc) is 2.84. The van der Waals surface area contributed by atoms with E-state index in [0.29, 0.717) is 34.9 Å². The summed E-state index contributed by atoms with van der Waals surface area (Å²) in [5.41, 5.74) is 1.01. The van der Waals surface area contributed by atoms with Gasteiger partial charge in [0.1, 0.15) is 11.5 Å². The predicted molar refractivity (Wildman–Crippen MR) is 131 cm³/mol. The number of anilines is 2. The zero-order valence-electron chi connectivity index (χ0n) is 19.2. The number of aromatic nitrogens is 3. The Labute approximate surface area is 200 Å². The maximum atomic E-state index is 12.7. The van der Waals surface area contributed by atoms with Crippen LogP contribution in [0.1, 0.15) is 20.3 Å². The van der Waals surface area contributed by atoms with E-state index < -0.39 is 10.8 Å². The van der Waals surface area contributed by atoms with Crippen LogP contribution < -0.4 is 25.7 Å². The fourth-order valence-electron chi connectivity index (χ4n) is 2.93. The standard InChI is InChI=1S/C23H25N5O5S/c1-5-19(29)25-18-9-7-6-8-17(18)20-22(31)26-23(28-27-20)34-13(2)21(30)24-14-10-15(32-3)12-16(11-14)33-4/h6-13H,5H2,1-4H3,(H,24,30)(H,25,29)(H,26,28,31). The highest BCUT2D eigenvalue weighted by molar-refractivity contribution is 8.00. The molecule has 0 fully saturated rings. The number of hydrogen-bond donors (Lipinski definition) is 3. The molecule has 3 rings (SSSR count). The molecule has 3 aromatic rings. The second-order valence-electron chi connectivity index (χ2n) is 7.11. The lowest BCUT2D eigenvalue weighted by Crippen LogP contribution is -2.24. The Balaban J connectivity index is 1.74. The zero-order valence-corrected chi connectivity index (χ0v) is 20.0. The van der Waals surface area contributed by atoms with Crippen molar-refractivity contribution in [1.82, 2.24) is 15.2 Å². The van der Waals surface area contributed by atoms with Crippen LogP contribution in [-0.2, 0) is 9.59 Å². The van der Waals surface area contributed by atoms with E-state index in [-0.39, 0.29) is 22.7 Å². The van der Waals surface area contributed by atoms with Gasteiger partial charge in [-0.2, -0.15) is 0 Å². The minimum absolute atomic E-state index is 0.0666. The Morgan fingerprint density at radius 1 is 1.06 bits per heavy atom. The second-order valence-corrected chi connectivity index (χ2v) is 8.44. The number of aromatic amines is 1. The molecule has 1 aromatic heterocycles. The predicted octanol–water partition coefficient (Wildman–Crippen LogP) is 3.32. The number of amides is 2. The Bertz CT molecular complexity index is 1220. The van der Waals surface area contributed by atoms with E-state index in [1.54, 1.807) is 56.3 Å². The first kappa shape index (κ1) is 24.8. The van der Waals surface area contributed by atoms with Gasteiger partial charge < -0.3 is 20.1 Å². The molecule has 0 aliphatic heterocycles. The van der Waals surface area contributed by atoms with Gasteiger partial charge >= 0.3 is 0 Å². The van der Waals surface area contributed by atoms with Gasteiger partial charge in [-0.25, -0.2) is 0 Å². The molecule has 0 aliphatic rings. The molecule has 1 unspecified atom stereocenters. The molecule has 178 valence electrons. The number of carbonyl (C=O) groups excluding carboxylic acids is 2. The molecule has 11 heteroatoms. The summed E-state index contributed by atoms with van der Waals surface area (Å²) < 4.78 is 10.4. The van der Waals surface area contributed by atoms with Crippen LogP contribution in [0.2, 0.25) is 0 Å². The van der Waals surface area contributed by atoms with Crippen LogP contribution in [0.5, 0.6) is 11.5 Å². The lowest BCUT2D eigenvalue weighted by molar-refractivity contribution is -0.116. The first-order valence-corrected chi connectivity index (χ1v) is 11.3. The van der Waals surface area contributed by atoms with Crippen molar-refractivity contribution in [3.05, 3.63) is 52.8 Å². The van der Waals surface area contributed by atoms with E-state index in [1.807, 2.05) is 0 Å². The van der Waals surface area contributed by atoms with Gasteiger partial charge in [-0.05, 0) is 13.0 Å². The molecule has 0 saturated carbocycles. The molecule has 2 aromatic carbocycles. The van der Waals surface area contributed by atoms with E-state index in [0.717, 1.165) is 11.8 Å². The summed E-state index contributed by atoms with van der Waals surface area (Å²) in [5, 5.41) is 13.3. The molecule has 3 N–H and O–H groups in total. The molecule has 1 atom stereocenters. The third-order valence-electron chi connectivity index (χ3n) is 4.73. The molecule has 34 heavy (non-hydrogen) atoms. The quantitative estimate of drug-likeness (QED) is 0.395. The summed E-state index contributed by atoms with van der Waals surface area (Å²) in [6.45, 7) is 3.42. The van der Waals surface area contributed by atoms with Gasteiger partial charge in [0.05, 0.1) is 25.2 Å². The lowest BCUT2D eigenvalue weighted by Gasteiger charge is -2.13. The number of thioether (sulfide) groups is 1. The van der Waals surface area contributed by atoms with Crippen LogP contribution in [0.25, 0.3) is 11.3 Å². The number of hydrogen-bond acceptors (Lipinski definition) is 8. The molecule has 0 saturated heterocycles. The molecular formula is C23H25N5O5S. The van der Waals surface area contributed by atoms with Crippen LogP contribution in [-0.4, -0.2) is 46.5 Å². The summed E-state index contributed by atoms with van der Waals surface area (Å²) in [4.78, 5) is 39.8. The van der Waals surface area contributed by atoms with E-state index in [9.17, 15) is 14.4 Å². The van der Waals surface area contributed by atoms with Gasteiger partial charge in [0, 0.05) is 35.9 Å². The molecular weight excluding hydrogens is 458 g/mol. The maximum absolute atomic E-state index is 12.7. The zero-order chi connectivity index (χ0) is 24.7. The van der Waals surface area contributed by atoms with Gasteiger partial charge in [-0.1, -0.05) is 36.9 Å². The van der Waals surface area contributed by atoms with E-state index in [4.69, 9.17) is 9.47 Å². The van der Waals surface area contributed by atoms with E-state index >= 15 is 0 Å². The van der Waals surface area contributed by atoms with Crippen molar-refractivity contribution in [3.63, 3.8) is 0 Å². The summed E-state index contributed by atoms with van der Waals surface area (Å²) >= 11 is 1.05. The van der Waals surface area contributed by atoms with Crippen molar-refractivity contribution in [1.29, 1.82) is 0 Å². The van der Waals surface area contributed by atoms with Gasteiger partial charge in [0.15, 0.2) is 10.9 Å². The van der Waals surface area contributed by atoms with Crippen LogP contribution in [0, 0.1) is 0 Å². The Morgan fingerprint density at radius 2 is 1.74 bits per heavy atom. The molecule has 0 aliphatic carbocycles. The van der Waals surface area contributed by atoms with Crippen molar-refractivity contribution < 1.29 is 19.1 Å². The fraction of sp³-hybridized carbons (Fsp3) is 0.261. The second kappa shape index (κ2) is 11.3. The summed E-state index contributed by atoms with van der Waals surface area (Å²) in [6.07, 6.45) is 0.300. The Kier molecular flexibility index (Phi) is 8.25. The Hall–Kier alpha value is -3.86. The molecule has 2 amide bonds. The monoisotopic (exact) mass is 483 g/mol. The first-order chi connectivity index (χ1) is 16.3. The first-order valence-electron chi connectivity index (χ1n) is 10.4. The van der Waals surface area contributed by atoms with Gasteiger partial charge in [0.25, 0.3) is 5.56 Å². The molecule has 0 radical (unpaired) electrons. The van der Waals surface area contributed by atoms with Crippen molar-refractivity contribution in [2.75, 3.05) is 24.9 Å². The van der Waals surface area contributed by atoms with Gasteiger partial charge in [0.2, 0.25) is 11.8 Å². The maximum Gasteiger partial charge on any atom is 0.278 e. The van der Waals surface area contributed by atoms with E-state index in [1.165, 1.54) is 14.2 Å². The van der Waals surface area contributed by atoms with Gasteiger partial charge in [-0.15, -0.1) is 10.2 Å². The molecule has 0 bridgehead atoms. The molecule has 1 heterocycles. The normalized spacial score (nSPS) is 11.4. The van der Waals surface area contributed by atoms with Crippen LogP contribution in [0.3, 0.4) is 0 Å². The number of methoxy groups -OCH3 is 2. The highest BCUT2D eigenvalue weighted by Gasteiger charge is 2.19. The fourth-order valence-corrected chi connectivity index (χ4v) is 3.67. The highest BCUT2D eigenvalue weighted by Crippen LogP contribution is 2.28. The van der Waals surface area contributed by atoms with Crippen molar-refractivity contribution in [2.24, 2.45) is 0 Å². The number of rotatable bonds is 9. The number of nitrogens with one attached hydrogen (secondary N) is 3. The molecule has 0 spiro atoms. The van der Waals surface area contributed by atoms with E-state index in [2.05, 4.69) is 25.8 Å². The van der Waals surface area contributed by atoms with Crippen molar-refractivity contribution in [2.45, 2.75) is 30.7 Å². The average molecular weight is 484 g/mol. The SMILES string of the molecule is CCC(=O)Nc1ccccc1-c1nnc(SC(C)C(=O)Nc2cc(OC)cc(OC)c2)[nH]c1=O. The topological polar surface area (TPSA) is 135 Å². The minimum Gasteiger partial charge on any atom is -0.497 e. The Morgan fingerprint density at radius 3 is 2.35 bits per heavy atom. The number of benzene rings is 2. The number of nitrogens with zero attached hydrogens (tertiary/aromatic N) is 2. The molecule has 10 nitrogen and oxygen atoms in total. The number of para-hydroxylation sites is 1. The van der Waals surface area contributed by atoms with Crippen molar-refractivity contribution in [3.8, 4) is 22.8 Å². The summed E-state index contributed by atoms with van der Waals surface area (Å²) in [5.74, 6) is 0.587. The third-order valence-corrected chi connectivity index (χ3v) is 5.70. The largest absolute Gasteiger partial charge is 0.497 e. The number of H-pyrrole nitrogens is 1. The minimum atomic E-state index is -0.593. The summed E-state index contributed by atoms with van der Waals surface area (Å²) in [6, 6.07) is 11.9. The highest BCUT2D eigenvalue weighted by atomic mass is 32.2. The van der Waals surface area contributed by atoms with Crippen LogP contribution >= 0.6 is 11.8 Å².